The summed E-state index contributed by atoms with van der Waals surface area (Å²) in [4.78, 5) is 13.4. The number of aromatic nitrogens is 3. The second-order valence-electron chi connectivity index (χ2n) is 3.99. The molecule has 0 aliphatic carbocycles. The van der Waals surface area contributed by atoms with Gasteiger partial charge in [-0.25, -0.2) is 8.78 Å². The summed E-state index contributed by atoms with van der Waals surface area (Å²) in [6.45, 7) is 0. The summed E-state index contributed by atoms with van der Waals surface area (Å²) >= 11 is 0. The molecular weight excluding hydrogens is 254 g/mol. The predicted molar refractivity (Wildman–Crippen MR) is 68.2 cm³/mol. The van der Waals surface area contributed by atoms with Crippen molar-refractivity contribution in [2.75, 3.05) is 30.0 Å². The van der Waals surface area contributed by atoms with Gasteiger partial charge < -0.3 is 16.0 Å². The Morgan fingerprint density at radius 1 is 1.05 bits per heavy atom. The van der Waals surface area contributed by atoms with E-state index in [-0.39, 0.29) is 17.6 Å². The van der Waals surface area contributed by atoms with E-state index in [1.54, 1.807) is 19.0 Å². The average Bonchev–Trinajstić information content (AvgIpc) is 2.26. The first-order valence-corrected chi connectivity index (χ1v) is 5.36. The first-order chi connectivity index (χ1) is 8.94. The third-order valence-corrected chi connectivity index (χ3v) is 2.16. The van der Waals surface area contributed by atoms with E-state index in [1.165, 1.54) is 0 Å². The van der Waals surface area contributed by atoms with Gasteiger partial charge >= 0.3 is 0 Å². The fourth-order valence-electron chi connectivity index (χ4n) is 1.39. The van der Waals surface area contributed by atoms with Crippen LogP contribution in [0.1, 0.15) is 0 Å². The molecule has 0 spiro atoms. The van der Waals surface area contributed by atoms with Crippen molar-refractivity contribution in [2.24, 2.45) is 0 Å². The Kier molecular flexibility index (Phi) is 3.41. The van der Waals surface area contributed by atoms with E-state index in [1.807, 2.05) is 0 Å². The average molecular weight is 266 g/mol. The van der Waals surface area contributed by atoms with Gasteiger partial charge in [0, 0.05) is 25.8 Å². The number of nitrogens with zero attached hydrogens (tertiary/aromatic N) is 4. The molecular formula is C11H12F2N6. The van der Waals surface area contributed by atoms with E-state index in [0.29, 0.717) is 5.95 Å². The molecule has 0 atom stereocenters. The first-order valence-electron chi connectivity index (χ1n) is 5.36. The molecule has 6 nitrogen and oxygen atoms in total. The van der Waals surface area contributed by atoms with Gasteiger partial charge in [-0.1, -0.05) is 0 Å². The zero-order valence-corrected chi connectivity index (χ0v) is 10.4. The summed E-state index contributed by atoms with van der Waals surface area (Å²) in [7, 11) is 3.47. The van der Waals surface area contributed by atoms with Crippen molar-refractivity contribution >= 4 is 23.5 Å². The first kappa shape index (κ1) is 12.9. The minimum atomic E-state index is -0.697. The third-order valence-electron chi connectivity index (χ3n) is 2.16. The highest BCUT2D eigenvalue weighted by Crippen LogP contribution is 2.18. The number of hydrogen-bond acceptors (Lipinski definition) is 6. The van der Waals surface area contributed by atoms with Gasteiger partial charge in [0.05, 0.1) is 0 Å². The van der Waals surface area contributed by atoms with Crippen LogP contribution < -0.4 is 16.0 Å². The largest absolute Gasteiger partial charge is 0.368 e. The highest BCUT2D eigenvalue weighted by Gasteiger charge is 2.07. The number of benzene rings is 1. The maximum absolute atomic E-state index is 13.1. The Morgan fingerprint density at radius 3 is 2.26 bits per heavy atom. The molecule has 2 rings (SSSR count). The molecule has 0 aliphatic heterocycles. The van der Waals surface area contributed by atoms with Gasteiger partial charge in [0.25, 0.3) is 0 Å². The molecule has 0 bridgehead atoms. The molecule has 2 aromatic rings. The van der Waals surface area contributed by atoms with Crippen molar-refractivity contribution in [1.29, 1.82) is 0 Å². The van der Waals surface area contributed by atoms with E-state index >= 15 is 0 Å². The van der Waals surface area contributed by atoms with Crippen LogP contribution in [0.3, 0.4) is 0 Å². The molecule has 19 heavy (non-hydrogen) atoms. The van der Waals surface area contributed by atoms with E-state index in [2.05, 4.69) is 20.3 Å². The van der Waals surface area contributed by atoms with Crippen LogP contribution in [-0.4, -0.2) is 29.0 Å². The van der Waals surface area contributed by atoms with Gasteiger partial charge in [-0.05, 0) is 12.1 Å². The highest BCUT2D eigenvalue weighted by atomic mass is 19.1. The zero-order chi connectivity index (χ0) is 14.0. The minimum Gasteiger partial charge on any atom is -0.368 e. The zero-order valence-electron chi connectivity index (χ0n) is 10.4. The third kappa shape index (κ3) is 3.24. The Bertz CT molecular complexity index is 581. The molecule has 0 radical (unpaired) electrons. The van der Waals surface area contributed by atoms with Crippen LogP contribution in [-0.2, 0) is 0 Å². The van der Waals surface area contributed by atoms with E-state index in [9.17, 15) is 8.78 Å². The lowest BCUT2D eigenvalue weighted by molar-refractivity contribution is 0.584. The Hall–Kier alpha value is -2.51. The molecule has 1 aromatic carbocycles. The lowest BCUT2D eigenvalue weighted by Crippen LogP contribution is -2.15. The molecule has 1 aromatic heterocycles. The molecule has 1 heterocycles. The van der Waals surface area contributed by atoms with Gasteiger partial charge in [0.2, 0.25) is 17.8 Å². The smallest absolute Gasteiger partial charge is 0.233 e. The number of rotatable bonds is 3. The van der Waals surface area contributed by atoms with Crippen molar-refractivity contribution in [3.63, 3.8) is 0 Å². The number of nitrogens with one attached hydrogen (secondary N) is 1. The van der Waals surface area contributed by atoms with Crippen molar-refractivity contribution < 1.29 is 8.78 Å². The summed E-state index contributed by atoms with van der Waals surface area (Å²) in [6, 6.07) is 3.02. The number of hydrogen-bond donors (Lipinski definition) is 2. The minimum absolute atomic E-state index is 0.0121. The number of anilines is 4. The predicted octanol–water partition coefficient (Wildman–Crippen LogP) is 1.54. The summed E-state index contributed by atoms with van der Waals surface area (Å²) < 4.78 is 26.1. The maximum Gasteiger partial charge on any atom is 0.233 e. The van der Waals surface area contributed by atoms with Crippen LogP contribution in [0, 0.1) is 11.6 Å². The summed E-state index contributed by atoms with van der Waals surface area (Å²) in [6.07, 6.45) is 0. The molecule has 0 saturated carbocycles. The van der Waals surface area contributed by atoms with E-state index < -0.39 is 11.6 Å². The molecule has 0 fully saturated rings. The van der Waals surface area contributed by atoms with Gasteiger partial charge in [0.15, 0.2) is 0 Å². The normalized spacial score (nSPS) is 10.3. The topological polar surface area (TPSA) is 80.0 Å². The molecule has 3 N–H and O–H groups in total. The Balaban J connectivity index is 2.32. The van der Waals surface area contributed by atoms with Crippen LogP contribution in [0.2, 0.25) is 0 Å². The summed E-state index contributed by atoms with van der Waals surface area (Å²) in [5.41, 5.74) is 5.72. The SMILES string of the molecule is CN(C)c1nc(N)nc(Nc2cc(F)cc(F)c2)n1. The highest BCUT2D eigenvalue weighted by molar-refractivity contribution is 5.55. The fraction of sp³-hybridized carbons (Fsp3) is 0.182. The monoisotopic (exact) mass is 266 g/mol. The molecule has 0 aliphatic rings. The van der Waals surface area contributed by atoms with Crippen LogP contribution >= 0.6 is 0 Å². The quantitative estimate of drug-likeness (QED) is 0.877. The van der Waals surface area contributed by atoms with Gasteiger partial charge in [-0.3, -0.25) is 0 Å². The van der Waals surface area contributed by atoms with E-state index in [0.717, 1.165) is 18.2 Å². The van der Waals surface area contributed by atoms with Crippen molar-refractivity contribution in [3.05, 3.63) is 29.8 Å². The van der Waals surface area contributed by atoms with Gasteiger partial charge in [-0.15, -0.1) is 0 Å². The second-order valence-corrected chi connectivity index (χ2v) is 3.99. The molecule has 0 saturated heterocycles. The number of nitrogens with two attached hydrogens (primary N) is 1. The lowest BCUT2D eigenvalue weighted by atomic mass is 10.3. The van der Waals surface area contributed by atoms with Gasteiger partial charge in [0.1, 0.15) is 11.6 Å². The van der Waals surface area contributed by atoms with Crippen LogP contribution in [0.15, 0.2) is 18.2 Å². The summed E-state index contributed by atoms with van der Waals surface area (Å²) in [5.74, 6) is -0.930. The van der Waals surface area contributed by atoms with Crippen molar-refractivity contribution in [2.45, 2.75) is 0 Å². The fourth-order valence-corrected chi connectivity index (χ4v) is 1.39. The van der Waals surface area contributed by atoms with Gasteiger partial charge in [-0.2, -0.15) is 15.0 Å². The standard InChI is InChI=1S/C11H12F2N6/c1-19(2)11-17-9(14)16-10(18-11)15-8-4-6(12)3-7(13)5-8/h3-5H,1-2H3,(H3,14,15,16,17,18). The lowest BCUT2D eigenvalue weighted by Gasteiger charge is -2.12. The number of nitrogen functional groups attached to an aromatic ring is 1. The molecule has 0 unspecified atom stereocenters. The van der Waals surface area contributed by atoms with Crippen LogP contribution in [0.4, 0.5) is 32.3 Å². The molecule has 8 heteroatoms. The molecule has 100 valence electrons. The maximum atomic E-state index is 13.1. The van der Waals surface area contributed by atoms with Crippen molar-refractivity contribution in [1.82, 2.24) is 15.0 Å². The summed E-state index contributed by atoms with van der Waals surface area (Å²) in [5, 5.41) is 2.67. The van der Waals surface area contributed by atoms with Crippen LogP contribution in [0.25, 0.3) is 0 Å². The van der Waals surface area contributed by atoms with Crippen molar-refractivity contribution in [3.8, 4) is 0 Å². The number of halogens is 2. The Morgan fingerprint density at radius 2 is 1.68 bits per heavy atom. The second kappa shape index (κ2) is 5.01. The Labute approximate surface area is 108 Å². The molecule has 0 amide bonds. The van der Waals surface area contributed by atoms with Crippen LogP contribution in [0.5, 0.6) is 0 Å². The van der Waals surface area contributed by atoms with E-state index in [4.69, 9.17) is 5.73 Å².